The molecule has 0 rings (SSSR count). The summed E-state index contributed by atoms with van der Waals surface area (Å²) in [5, 5.41) is 9.30. The molecule has 0 aliphatic rings. The van der Waals surface area contributed by atoms with Gasteiger partial charge in [0.2, 0.25) is 0 Å². The molecular weight excluding hydrogens is 629 g/mol. The lowest BCUT2D eigenvalue weighted by Gasteiger charge is -2.18. The van der Waals surface area contributed by atoms with Crippen LogP contribution in [0.3, 0.4) is 0 Å². The molecule has 0 spiro atoms. The minimum absolute atomic E-state index is 0.217. The van der Waals surface area contributed by atoms with Crippen LogP contribution in [-0.2, 0) is 0 Å². The van der Waals surface area contributed by atoms with Gasteiger partial charge in [-0.3, -0.25) is 0 Å². The molecule has 52 heavy (non-hydrogen) atoms. The number of aliphatic hydroxyl groups is 1. The lowest BCUT2D eigenvalue weighted by atomic mass is 9.88. The Kier molecular flexibility index (Phi) is 33.8. The number of rotatable bonds is 37. The average molecular weight is 731 g/mol. The largest absolute Gasteiger partial charge is 0.392 e. The van der Waals surface area contributed by atoms with E-state index >= 15 is 0 Å². The van der Waals surface area contributed by atoms with Gasteiger partial charge in [0.1, 0.15) is 0 Å². The van der Waals surface area contributed by atoms with Crippen LogP contribution in [0.4, 0.5) is 0 Å². The maximum atomic E-state index is 9.30. The summed E-state index contributed by atoms with van der Waals surface area (Å²) in [7, 11) is 0. The van der Waals surface area contributed by atoms with Crippen molar-refractivity contribution in [2.75, 3.05) is 6.61 Å². The maximum absolute atomic E-state index is 9.30. The van der Waals surface area contributed by atoms with Gasteiger partial charge in [-0.2, -0.15) is 0 Å². The predicted molar refractivity (Wildman–Crippen MR) is 238 cm³/mol. The molecule has 0 fully saturated rings. The summed E-state index contributed by atoms with van der Waals surface area (Å²) in [4.78, 5) is 0. The van der Waals surface area contributed by atoms with Crippen molar-refractivity contribution in [3.05, 3.63) is 11.1 Å². The Balaban J connectivity index is 3.75. The number of hydrogen-bond acceptors (Lipinski definition) is 1. The van der Waals surface area contributed by atoms with E-state index in [1.165, 1.54) is 173 Å². The van der Waals surface area contributed by atoms with Crippen molar-refractivity contribution in [3.63, 3.8) is 0 Å². The molecule has 0 amide bonds. The molecule has 0 aromatic carbocycles. The molecule has 0 radical (unpaired) electrons. The van der Waals surface area contributed by atoms with Crippen molar-refractivity contribution in [2.45, 2.75) is 256 Å². The summed E-state index contributed by atoms with van der Waals surface area (Å²) in [5.41, 5.74) is 2.55. The van der Waals surface area contributed by atoms with Crippen molar-refractivity contribution in [3.8, 4) is 0 Å². The average Bonchev–Trinajstić information content (AvgIpc) is 3.07. The van der Waals surface area contributed by atoms with Crippen LogP contribution in [0.2, 0.25) is 0 Å². The number of hydrogen-bond donors (Lipinski definition) is 1. The minimum atomic E-state index is 0.217. The SMILES string of the molecule is CC(CO)=C(C)CCCC(C)CCCC(C)CCCC(C)CCCC(C)CCCC(C)CCCC(C)CCCC(C)CCCC(C)CCCC(C)C. The van der Waals surface area contributed by atoms with Gasteiger partial charge in [-0.15, -0.1) is 0 Å². The van der Waals surface area contributed by atoms with E-state index in [0.717, 1.165) is 65.3 Å². The second kappa shape index (κ2) is 34.0. The van der Waals surface area contributed by atoms with Crippen LogP contribution in [-0.4, -0.2) is 11.7 Å². The molecule has 0 aliphatic carbocycles. The van der Waals surface area contributed by atoms with Gasteiger partial charge in [0.05, 0.1) is 6.61 Å². The van der Waals surface area contributed by atoms with Crippen molar-refractivity contribution < 1.29 is 5.11 Å². The predicted octanol–water partition coefficient (Wildman–Crippen LogP) is 17.6. The zero-order valence-electron chi connectivity index (χ0n) is 38.4. The summed E-state index contributed by atoms with van der Waals surface area (Å²) in [6.45, 7) is 29.2. The first-order chi connectivity index (χ1) is 24.7. The molecule has 0 heterocycles. The molecule has 1 heteroatoms. The molecule has 8 atom stereocenters. The molecule has 312 valence electrons. The fourth-order valence-corrected chi connectivity index (χ4v) is 8.80. The summed E-state index contributed by atoms with van der Waals surface area (Å²) in [6, 6.07) is 0. The standard InChI is InChI=1S/C51H102O/c1-41(2)22-13-23-42(3)24-14-25-43(4)26-15-27-44(5)28-16-29-45(6)30-17-31-46(7)32-18-33-47(8)34-19-35-48(9)36-20-37-49(10)38-21-39-50(11)51(12)40-52/h41-49,52H,13-40H2,1-12H3. The summed E-state index contributed by atoms with van der Waals surface area (Å²) in [5.74, 6) is 8.09. The van der Waals surface area contributed by atoms with Crippen molar-refractivity contribution >= 4 is 0 Å². The highest BCUT2D eigenvalue weighted by Gasteiger charge is 2.12. The maximum Gasteiger partial charge on any atom is 0.0641 e. The Bertz CT molecular complexity index is 795. The van der Waals surface area contributed by atoms with Crippen LogP contribution in [0.5, 0.6) is 0 Å². The van der Waals surface area contributed by atoms with Crippen LogP contribution in [0.15, 0.2) is 11.1 Å². The highest BCUT2D eigenvalue weighted by atomic mass is 16.3. The fraction of sp³-hybridized carbons (Fsp3) is 0.961. The van der Waals surface area contributed by atoms with Crippen LogP contribution in [0.1, 0.15) is 256 Å². The summed E-state index contributed by atoms with van der Waals surface area (Å²) in [6.07, 6.45) is 38.2. The van der Waals surface area contributed by atoms with E-state index in [4.69, 9.17) is 0 Å². The lowest BCUT2D eigenvalue weighted by Crippen LogP contribution is -2.03. The third-order valence-corrected chi connectivity index (χ3v) is 13.4. The molecule has 0 aromatic heterocycles. The highest BCUT2D eigenvalue weighted by molar-refractivity contribution is 5.09. The lowest BCUT2D eigenvalue weighted by molar-refractivity contribution is 0.329. The Hall–Kier alpha value is -0.300. The second-order valence-corrected chi connectivity index (χ2v) is 20.3. The second-order valence-electron chi connectivity index (χ2n) is 20.3. The molecular formula is C51H102O. The summed E-state index contributed by atoms with van der Waals surface area (Å²) >= 11 is 0. The van der Waals surface area contributed by atoms with E-state index in [9.17, 15) is 5.11 Å². The van der Waals surface area contributed by atoms with Gasteiger partial charge in [-0.1, -0.05) is 235 Å². The van der Waals surface area contributed by atoms with E-state index in [1.807, 2.05) is 0 Å². The molecule has 0 bridgehead atoms. The van der Waals surface area contributed by atoms with Gasteiger partial charge in [0.25, 0.3) is 0 Å². The zero-order chi connectivity index (χ0) is 39.1. The topological polar surface area (TPSA) is 20.2 Å². The van der Waals surface area contributed by atoms with E-state index in [2.05, 4.69) is 83.1 Å². The Labute approximate surface area is 331 Å². The molecule has 0 aliphatic heterocycles. The third-order valence-electron chi connectivity index (χ3n) is 13.4. The van der Waals surface area contributed by atoms with Crippen LogP contribution >= 0.6 is 0 Å². The summed E-state index contributed by atoms with van der Waals surface area (Å²) < 4.78 is 0. The number of aliphatic hydroxyl groups excluding tert-OH is 1. The molecule has 0 saturated heterocycles. The Morgan fingerprint density at radius 2 is 0.481 bits per heavy atom. The van der Waals surface area contributed by atoms with Gasteiger partial charge in [0.15, 0.2) is 0 Å². The highest BCUT2D eigenvalue weighted by Crippen LogP contribution is 2.27. The Morgan fingerprint density at radius 3 is 0.673 bits per heavy atom. The van der Waals surface area contributed by atoms with Gasteiger partial charge in [0, 0.05) is 0 Å². The van der Waals surface area contributed by atoms with Gasteiger partial charge >= 0.3 is 0 Å². The first-order valence-electron chi connectivity index (χ1n) is 24.0. The van der Waals surface area contributed by atoms with Crippen LogP contribution in [0, 0.1) is 53.3 Å². The fourth-order valence-electron chi connectivity index (χ4n) is 8.80. The minimum Gasteiger partial charge on any atom is -0.392 e. The van der Waals surface area contributed by atoms with Gasteiger partial charge in [-0.25, -0.2) is 0 Å². The van der Waals surface area contributed by atoms with Crippen LogP contribution in [0.25, 0.3) is 0 Å². The van der Waals surface area contributed by atoms with Crippen LogP contribution < -0.4 is 0 Å². The quantitative estimate of drug-likeness (QED) is 0.0631. The van der Waals surface area contributed by atoms with Crippen molar-refractivity contribution in [2.24, 2.45) is 53.3 Å². The van der Waals surface area contributed by atoms with Crippen molar-refractivity contribution in [1.82, 2.24) is 0 Å². The van der Waals surface area contributed by atoms with Crippen molar-refractivity contribution in [1.29, 1.82) is 0 Å². The normalized spacial score (nSPS) is 17.4. The van der Waals surface area contributed by atoms with E-state index in [1.54, 1.807) is 0 Å². The van der Waals surface area contributed by atoms with E-state index in [-0.39, 0.29) is 6.61 Å². The van der Waals surface area contributed by atoms with E-state index in [0.29, 0.717) is 0 Å². The smallest absolute Gasteiger partial charge is 0.0641 e. The van der Waals surface area contributed by atoms with Gasteiger partial charge < -0.3 is 5.11 Å². The molecule has 0 saturated carbocycles. The first kappa shape index (κ1) is 51.7. The molecule has 8 unspecified atom stereocenters. The Morgan fingerprint density at radius 1 is 0.288 bits per heavy atom. The number of allylic oxidation sites excluding steroid dienone is 1. The monoisotopic (exact) mass is 731 g/mol. The molecule has 1 nitrogen and oxygen atoms in total. The van der Waals surface area contributed by atoms with E-state index < -0.39 is 0 Å². The third kappa shape index (κ3) is 33.1. The molecule has 1 N–H and O–H groups in total. The van der Waals surface area contributed by atoms with Gasteiger partial charge in [-0.05, 0) is 85.5 Å². The first-order valence-corrected chi connectivity index (χ1v) is 24.0. The zero-order valence-corrected chi connectivity index (χ0v) is 38.4. The molecule has 0 aromatic rings.